The predicted octanol–water partition coefficient (Wildman–Crippen LogP) is 2.24. The van der Waals surface area contributed by atoms with Crippen LogP contribution in [0.3, 0.4) is 0 Å². The van der Waals surface area contributed by atoms with Crippen LogP contribution in [0, 0.1) is 0 Å². The van der Waals surface area contributed by atoms with E-state index >= 15 is 0 Å². The van der Waals surface area contributed by atoms with Crippen LogP contribution in [-0.4, -0.2) is 58.5 Å². The number of carbonyl (C=O) groups excluding carboxylic acids is 3. The predicted molar refractivity (Wildman–Crippen MR) is 119 cm³/mol. The molecule has 10 heteroatoms. The Balaban J connectivity index is 2.46. The molecule has 0 saturated heterocycles. The molecule has 1 unspecified atom stereocenters. The summed E-state index contributed by atoms with van der Waals surface area (Å²) in [6.07, 6.45) is 0. The van der Waals surface area contributed by atoms with Gasteiger partial charge in [-0.3, -0.25) is 0 Å². The fourth-order valence-electron chi connectivity index (χ4n) is 3.36. The summed E-state index contributed by atoms with van der Waals surface area (Å²) in [6.45, 7) is 4.07. The third-order valence-electron chi connectivity index (χ3n) is 4.77. The summed E-state index contributed by atoms with van der Waals surface area (Å²) in [6, 6.07) is 6.65. The lowest BCUT2D eigenvalue weighted by Gasteiger charge is -2.31. The van der Waals surface area contributed by atoms with Crippen molar-refractivity contribution in [1.82, 2.24) is 16.0 Å². The first-order chi connectivity index (χ1) is 15.3. The van der Waals surface area contributed by atoms with Crippen molar-refractivity contribution in [3.05, 3.63) is 57.4 Å². The van der Waals surface area contributed by atoms with Crippen molar-refractivity contribution in [2.24, 2.45) is 0 Å². The summed E-state index contributed by atoms with van der Waals surface area (Å²) in [4.78, 5) is 37.0. The van der Waals surface area contributed by atoms with E-state index in [1.165, 1.54) is 14.2 Å². The molecular weight excluding hydrogens is 438 g/mol. The Morgan fingerprint density at radius 1 is 1.16 bits per heavy atom. The Labute approximate surface area is 192 Å². The van der Waals surface area contributed by atoms with Crippen LogP contribution < -0.4 is 16.0 Å². The van der Waals surface area contributed by atoms with Crippen molar-refractivity contribution in [1.29, 1.82) is 0 Å². The molecule has 0 spiro atoms. The number of allylic oxidation sites excluding steroid dienone is 1. The van der Waals surface area contributed by atoms with Crippen LogP contribution in [0.5, 0.6) is 0 Å². The topological polar surface area (TPSA) is 115 Å². The molecule has 0 saturated carbocycles. The maximum Gasteiger partial charge on any atom is 0.336 e. The largest absolute Gasteiger partial charge is 0.466 e. The van der Waals surface area contributed by atoms with Crippen LogP contribution in [0.1, 0.15) is 25.3 Å². The van der Waals surface area contributed by atoms with Gasteiger partial charge in [0, 0.05) is 24.3 Å². The van der Waals surface area contributed by atoms with Crippen molar-refractivity contribution in [2.75, 3.05) is 40.5 Å². The fraction of sp³-hybridized carbons (Fsp3) is 0.409. The molecule has 32 heavy (non-hydrogen) atoms. The van der Waals surface area contributed by atoms with E-state index in [0.29, 0.717) is 22.0 Å². The molecule has 0 aromatic heterocycles. The quantitative estimate of drug-likeness (QED) is 0.378. The van der Waals surface area contributed by atoms with Gasteiger partial charge in [0.05, 0.1) is 49.7 Å². The third-order valence-corrected chi connectivity index (χ3v) is 5.11. The molecule has 1 aliphatic heterocycles. The Morgan fingerprint density at radius 3 is 2.50 bits per heavy atom. The zero-order chi connectivity index (χ0) is 23.7. The van der Waals surface area contributed by atoms with Gasteiger partial charge in [0.25, 0.3) is 0 Å². The van der Waals surface area contributed by atoms with E-state index in [9.17, 15) is 14.4 Å². The van der Waals surface area contributed by atoms with E-state index in [0.717, 1.165) is 0 Å². The summed E-state index contributed by atoms with van der Waals surface area (Å²) in [5, 5.41) is 8.55. The number of hydrogen-bond donors (Lipinski definition) is 3. The van der Waals surface area contributed by atoms with Crippen LogP contribution in [0.2, 0.25) is 5.02 Å². The van der Waals surface area contributed by atoms with E-state index in [-0.39, 0.29) is 43.5 Å². The maximum absolute atomic E-state index is 13.0. The zero-order valence-corrected chi connectivity index (χ0v) is 19.3. The molecule has 0 fully saturated rings. The third kappa shape index (κ3) is 6.02. The highest BCUT2D eigenvalue weighted by molar-refractivity contribution is 6.31. The first-order valence-electron chi connectivity index (χ1n) is 10.1. The molecule has 2 amide bonds. The van der Waals surface area contributed by atoms with Crippen molar-refractivity contribution in [3.63, 3.8) is 0 Å². The average molecular weight is 466 g/mol. The summed E-state index contributed by atoms with van der Waals surface area (Å²) in [5.41, 5.74) is 1.99. The van der Waals surface area contributed by atoms with E-state index < -0.39 is 17.9 Å². The molecule has 1 aromatic carbocycles. The van der Waals surface area contributed by atoms with E-state index in [1.807, 2.05) is 0 Å². The smallest absolute Gasteiger partial charge is 0.336 e. The van der Waals surface area contributed by atoms with Crippen molar-refractivity contribution in [3.8, 4) is 0 Å². The minimum Gasteiger partial charge on any atom is -0.466 e. The molecule has 3 N–H and O–H groups in total. The van der Waals surface area contributed by atoms with E-state index in [4.69, 9.17) is 25.8 Å². The van der Waals surface area contributed by atoms with Gasteiger partial charge in [-0.05, 0) is 25.5 Å². The Hall–Kier alpha value is -3.04. The van der Waals surface area contributed by atoms with Crippen LogP contribution in [0.4, 0.5) is 4.79 Å². The lowest BCUT2D eigenvalue weighted by molar-refractivity contribution is -0.139. The minimum absolute atomic E-state index is 0.0241. The average Bonchev–Trinajstić information content (AvgIpc) is 2.78. The SMILES string of the molecule is CCOC(=O)C1=C(COCCNC(=O)NC)NC(C)=C(C(=O)OC)C1c1ccccc1Cl. The highest BCUT2D eigenvalue weighted by Crippen LogP contribution is 2.41. The van der Waals surface area contributed by atoms with Crippen LogP contribution >= 0.6 is 11.6 Å². The highest BCUT2D eigenvalue weighted by Gasteiger charge is 2.39. The molecule has 1 aliphatic rings. The number of rotatable bonds is 9. The molecule has 174 valence electrons. The number of amides is 2. The number of ether oxygens (including phenoxy) is 3. The monoisotopic (exact) mass is 465 g/mol. The highest BCUT2D eigenvalue weighted by atomic mass is 35.5. The number of carbonyl (C=O) groups is 3. The number of hydrogen-bond acceptors (Lipinski definition) is 7. The summed E-state index contributed by atoms with van der Waals surface area (Å²) in [7, 11) is 2.79. The number of benzene rings is 1. The molecule has 1 atom stereocenters. The fourth-order valence-corrected chi connectivity index (χ4v) is 3.61. The molecule has 1 heterocycles. The van der Waals surface area contributed by atoms with Crippen LogP contribution in [0.15, 0.2) is 46.8 Å². The summed E-state index contributed by atoms with van der Waals surface area (Å²) >= 11 is 6.46. The molecule has 0 radical (unpaired) electrons. The van der Waals surface area contributed by atoms with Gasteiger partial charge in [-0.25, -0.2) is 14.4 Å². The van der Waals surface area contributed by atoms with E-state index in [2.05, 4.69) is 16.0 Å². The number of dihydropyridines is 1. The number of nitrogens with one attached hydrogen (secondary N) is 3. The number of esters is 2. The lowest BCUT2D eigenvalue weighted by Crippen LogP contribution is -2.36. The normalized spacial score (nSPS) is 15.7. The molecule has 0 bridgehead atoms. The van der Waals surface area contributed by atoms with Crippen molar-refractivity contribution >= 4 is 29.6 Å². The lowest BCUT2D eigenvalue weighted by atomic mass is 9.80. The minimum atomic E-state index is -0.806. The van der Waals surface area contributed by atoms with Gasteiger partial charge >= 0.3 is 18.0 Å². The number of urea groups is 1. The Morgan fingerprint density at radius 2 is 1.88 bits per heavy atom. The van der Waals surface area contributed by atoms with Crippen LogP contribution in [0.25, 0.3) is 0 Å². The van der Waals surface area contributed by atoms with Gasteiger partial charge in [-0.15, -0.1) is 0 Å². The first-order valence-corrected chi connectivity index (χ1v) is 10.5. The second-order valence-corrected chi connectivity index (χ2v) is 7.19. The van der Waals surface area contributed by atoms with Gasteiger partial charge in [-0.2, -0.15) is 0 Å². The molecular formula is C22H28ClN3O6. The van der Waals surface area contributed by atoms with Gasteiger partial charge in [-0.1, -0.05) is 29.8 Å². The second kappa shape index (κ2) is 12.1. The molecule has 1 aromatic rings. The maximum atomic E-state index is 13.0. The first kappa shape index (κ1) is 25.2. The molecule has 2 rings (SSSR count). The number of halogens is 1. The summed E-state index contributed by atoms with van der Waals surface area (Å²) in [5.74, 6) is -1.99. The number of methoxy groups -OCH3 is 1. The van der Waals surface area contributed by atoms with Gasteiger partial charge in [0.1, 0.15) is 0 Å². The van der Waals surface area contributed by atoms with Gasteiger partial charge in [0.15, 0.2) is 0 Å². The standard InChI is InChI=1S/C22H28ClN3O6/c1-5-32-21(28)19-16(12-31-11-10-25-22(29)24-3)26-13(2)17(20(27)30-4)18(19)14-8-6-7-9-15(14)23/h6-9,18,26H,5,10-12H2,1-4H3,(H2,24,25,29). The Kier molecular flexibility index (Phi) is 9.55. The second-order valence-electron chi connectivity index (χ2n) is 6.78. The van der Waals surface area contributed by atoms with Crippen molar-refractivity contribution in [2.45, 2.75) is 19.8 Å². The van der Waals surface area contributed by atoms with Gasteiger partial charge < -0.3 is 30.2 Å². The van der Waals surface area contributed by atoms with Crippen LogP contribution in [-0.2, 0) is 23.8 Å². The molecule has 0 aliphatic carbocycles. The summed E-state index contributed by atoms with van der Waals surface area (Å²) < 4.78 is 16.0. The molecule has 9 nitrogen and oxygen atoms in total. The van der Waals surface area contributed by atoms with E-state index in [1.54, 1.807) is 38.1 Å². The van der Waals surface area contributed by atoms with Crippen molar-refractivity contribution < 1.29 is 28.6 Å². The van der Waals surface area contributed by atoms with Gasteiger partial charge in [0.2, 0.25) is 0 Å². The zero-order valence-electron chi connectivity index (χ0n) is 18.5. The Bertz CT molecular complexity index is 928.